The summed E-state index contributed by atoms with van der Waals surface area (Å²) >= 11 is 0. The quantitative estimate of drug-likeness (QED) is 0.830. The Balaban J connectivity index is 1.59. The molecular formula is C19H24N2O4. The fourth-order valence-electron chi connectivity index (χ4n) is 3.52. The Morgan fingerprint density at radius 3 is 2.56 bits per heavy atom. The van der Waals surface area contributed by atoms with Crippen LogP contribution in [0.4, 0.5) is 0 Å². The number of Topliss-reactive ketones (excluding diaryl/α,β-unsaturated/α-hetero) is 1. The van der Waals surface area contributed by atoms with Crippen molar-refractivity contribution >= 4 is 17.6 Å². The molecule has 25 heavy (non-hydrogen) atoms. The SMILES string of the molecule is COc1ccc(CN2C[C@H](C(=O)N3CCC(=O)[C@@H](C)C3)CC2=O)cc1. The molecule has 0 saturated carbocycles. The van der Waals surface area contributed by atoms with E-state index in [0.717, 1.165) is 11.3 Å². The van der Waals surface area contributed by atoms with Crippen LogP contribution in [0, 0.1) is 11.8 Å². The average Bonchev–Trinajstić information content (AvgIpc) is 2.98. The van der Waals surface area contributed by atoms with Gasteiger partial charge in [0.25, 0.3) is 0 Å². The van der Waals surface area contributed by atoms with Gasteiger partial charge in [0.15, 0.2) is 0 Å². The number of likely N-dealkylation sites (tertiary alicyclic amines) is 2. The zero-order valence-corrected chi connectivity index (χ0v) is 14.7. The number of carbonyl (C=O) groups is 3. The minimum atomic E-state index is -0.300. The zero-order chi connectivity index (χ0) is 18.0. The topological polar surface area (TPSA) is 66.9 Å². The average molecular weight is 344 g/mol. The number of carbonyl (C=O) groups excluding carboxylic acids is 3. The predicted octanol–water partition coefficient (Wildman–Crippen LogP) is 1.48. The van der Waals surface area contributed by atoms with Crippen molar-refractivity contribution in [2.75, 3.05) is 26.7 Å². The third kappa shape index (κ3) is 3.83. The monoisotopic (exact) mass is 344 g/mol. The highest BCUT2D eigenvalue weighted by Crippen LogP contribution is 2.24. The number of hydrogen-bond donors (Lipinski definition) is 0. The second-order valence-corrected chi connectivity index (χ2v) is 6.92. The van der Waals surface area contributed by atoms with Crippen molar-refractivity contribution in [3.63, 3.8) is 0 Å². The summed E-state index contributed by atoms with van der Waals surface area (Å²) in [6, 6.07) is 7.59. The largest absolute Gasteiger partial charge is 0.497 e. The van der Waals surface area contributed by atoms with Gasteiger partial charge in [-0.1, -0.05) is 19.1 Å². The van der Waals surface area contributed by atoms with Crippen molar-refractivity contribution in [2.45, 2.75) is 26.3 Å². The van der Waals surface area contributed by atoms with Gasteiger partial charge in [0, 0.05) is 44.9 Å². The van der Waals surface area contributed by atoms with Gasteiger partial charge in [-0.2, -0.15) is 0 Å². The van der Waals surface area contributed by atoms with Crippen LogP contribution < -0.4 is 4.74 Å². The lowest BCUT2D eigenvalue weighted by atomic mass is 9.96. The number of rotatable bonds is 4. The van der Waals surface area contributed by atoms with E-state index in [9.17, 15) is 14.4 Å². The van der Waals surface area contributed by atoms with Crippen molar-refractivity contribution in [1.29, 1.82) is 0 Å². The van der Waals surface area contributed by atoms with Crippen molar-refractivity contribution in [3.8, 4) is 5.75 Å². The van der Waals surface area contributed by atoms with E-state index in [1.807, 2.05) is 31.2 Å². The minimum Gasteiger partial charge on any atom is -0.497 e. The van der Waals surface area contributed by atoms with Crippen molar-refractivity contribution in [1.82, 2.24) is 9.80 Å². The smallest absolute Gasteiger partial charge is 0.228 e. The van der Waals surface area contributed by atoms with Gasteiger partial charge in [0.05, 0.1) is 13.0 Å². The van der Waals surface area contributed by atoms with Gasteiger partial charge in [-0.05, 0) is 17.7 Å². The summed E-state index contributed by atoms with van der Waals surface area (Å²) in [6.45, 7) is 3.76. The van der Waals surface area contributed by atoms with Crippen LogP contribution in [0.25, 0.3) is 0 Å². The van der Waals surface area contributed by atoms with Crippen LogP contribution in [0.2, 0.25) is 0 Å². The Morgan fingerprint density at radius 2 is 1.92 bits per heavy atom. The van der Waals surface area contributed by atoms with Crippen molar-refractivity contribution < 1.29 is 19.1 Å². The Hall–Kier alpha value is -2.37. The van der Waals surface area contributed by atoms with Crippen molar-refractivity contribution in [3.05, 3.63) is 29.8 Å². The Morgan fingerprint density at radius 1 is 1.20 bits per heavy atom. The molecule has 6 heteroatoms. The maximum Gasteiger partial charge on any atom is 0.228 e. The molecule has 2 aliphatic rings. The van der Waals surface area contributed by atoms with Gasteiger partial charge >= 0.3 is 0 Å². The lowest BCUT2D eigenvalue weighted by Gasteiger charge is -2.31. The number of hydrogen-bond acceptors (Lipinski definition) is 4. The molecule has 2 saturated heterocycles. The second kappa shape index (κ2) is 7.25. The molecule has 0 bridgehead atoms. The number of methoxy groups -OCH3 is 1. The predicted molar refractivity (Wildman–Crippen MR) is 91.9 cm³/mol. The molecule has 3 rings (SSSR count). The van der Waals surface area contributed by atoms with E-state index >= 15 is 0 Å². The summed E-state index contributed by atoms with van der Waals surface area (Å²) in [5.41, 5.74) is 1.01. The lowest BCUT2D eigenvalue weighted by molar-refractivity contribution is -0.140. The van der Waals surface area contributed by atoms with Crippen LogP contribution >= 0.6 is 0 Å². The van der Waals surface area contributed by atoms with Crippen LogP contribution in [0.15, 0.2) is 24.3 Å². The molecule has 2 atom stereocenters. The first kappa shape index (κ1) is 17.5. The first-order valence-corrected chi connectivity index (χ1v) is 8.70. The normalized spacial score (nSPS) is 23.9. The number of ketones is 1. The highest BCUT2D eigenvalue weighted by Gasteiger charge is 2.38. The summed E-state index contributed by atoms with van der Waals surface area (Å²) in [5.74, 6) is 0.600. The molecule has 2 aliphatic heterocycles. The minimum absolute atomic E-state index is 0.00457. The van der Waals surface area contributed by atoms with Gasteiger partial charge in [-0.3, -0.25) is 14.4 Å². The molecule has 0 aliphatic carbocycles. The van der Waals surface area contributed by atoms with E-state index in [0.29, 0.717) is 32.6 Å². The van der Waals surface area contributed by atoms with Crippen LogP contribution in [0.3, 0.4) is 0 Å². The number of piperidine rings is 1. The number of benzene rings is 1. The molecule has 0 N–H and O–H groups in total. The zero-order valence-electron chi connectivity index (χ0n) is 14.7. The van der Waals surface area contributed by atoms with Gasteiger partial charge in [0.2, 0.25) is 11.8 Å². The fraction of sp³-hybridized carbons (Fsp3) is 0.526. The standard InChI is InChI=1S/C19H24N2O4/c1-13-10-20(8-7-17(13)22)19(24)15-9-18(23)21(12-15)11-14-3-5-16(25-2)6-4-14/h3-6,13,15H,7-12H2,1-2H3/t13-,15+/m0/s1. The van der Waals surface area contributed by atoms with E-state index in [1.165, 1.54) is 0 Å². The van der Waals surface area contributed by atoms with Crippen LogP contribution in [-0.2, 0) is 20.9 Å². The second-order valence-electron chi connectivity index (χ2n) is 6.92. The first-order valence-electron chi connectivity index (χ1n) is 8.70. The fourth-order valence-corrected chi connectivity index (χ4v) is 3.52. The highest BCUT2D eigenvalue weighted by molar-refractivity contribution is 5.91. The third-order valence-corrected chi connectivity index (χ3v) is 5.08. The summed E-state index contributed by atoms with van der Waals surface area (Å²) in [6.07, 6.45) is 0.678. The molecule has 0 unspecified atom stereocenters. The van der Waals surface area contributed by atoms with Crippen LogP contribution in [0.5, 0.6) is 5.75 Å². The lowest BCUT2D eigenvalue weighted by Crippen LogP contribution is -2.46. The number of ether oxygens (including phenoxy) is 1. The molecule has 6 nitrogen and oxygen atoms in total. The molecule has 134 valence electrons. The van der Waals surface area contributed by atoms with Gasteiger partial charge in [0.1, 0.15) is 11.5 Å². The maximum atomic E-state index is 12.7. The van der Waals surface area contributed by atoms with Crippen LogP contribution in [0.1, 0.15) is 25.3 Å². The molecular weight excluding hydrogens is 320 g/mol. The van der Waals surface area contributed by atoms with E-state index in [4.69, 9.17) is 4.74 Å². The Bertz CT molecular complexity index is 671. The Kier molecular flexibility index (Phi) is 5.06. The van der Waals surface area contributed by atoms with Gasteiger partial charge in [-0.25, -0.2) is 0 Å². The summed E-state index contributed by atoms with van der Waals surface area (Å²) in [7, 11) is 1.62. The molecule has 0 spiro atoms. The van der Waals surface area contributed by atoms with Crippen LogP contribution in [-0.4, -0.2) is 54.1 Å². The summed E-state index contributed by atoms with van der Waals surface area (Å²) in [4.78, 5) is 40.1. The first-order chi connectivity index (χ1) is 12.0. The molecule has 1 aromatic rings. The van der Waals surface area contributed by atoms with E-state index in [2.05, 4.69) is 0 Å². The van der Waals surface area contributed by atoms with E-state index < -0.39 is 0 Å². The molecule has 2 fully saturated rings. The summed E-state index contributed by atoms with van der Waals surface area (Å²) in [5, 5.41) is 0. The van der Waals surface area contributed by atoms with Gasteiger partial charge < -0.3 is 14.5 Å². The number of amides is 2. The highest BCUT2D eigenvalue weighted by atomic mass is 16.5. The molecule has 2 amide bonds. The van der Waals surface area contributed by atoms with E-state index in [-0.39, 0.29) is 35.9 Å². The molecule has 2 heterocycles. The molecule has 0 radical (unpaired) electrons. The molecule has 1 aromatic carbocycles. The third-order valence-electron chi connectivity index (χ3n) is 5.08. The Labute approximate surface area is 147 Å². The molecule has 0 aromatic heterocycles. The van der Waals surface area contributed by atoms with Gasteiger partial charge in [-0.15, -0.1) is 0 Å². The maximum absolute atomic E-state index is 12.7. The number of nitrogens with zero attached hydrogens (tertiary/aromatic N) is 2. The summed E-state index contributed by atoms with van der Waals surface area (Å²) < 4.78 is 5.14. The van der Waals surface area contributed by atoms with E-state index in [1.54, 1.807) is 16.9 Å². The van der Waals surface area contributed by atoms with Crippen molar-refractivity contribution in [2.24, 2.45) is 11.8 Å².